The van der Waals surface area contributed by atoms with E-state index in [1.54, 1.807) is 18.2 Å². The molecule has 0 aromatic heterocycles. The van der Waals surface area contributed by atoms with Crippen molar-refractivity contribution in [1.82, 2.24) is 0 Å². The first-order valence-electron chi connectivity index (χ1n) is 21.7. The van der Waals surface area contributed by atoms with E-state index in [1.165, 1.54) is 88.8 Å². The third kappa shape index (κ3) is 38.0. The van der Waals surface area contributed by atoms with Crippen molar-refractivity contribution in [2.24, 2.45) is 11.7 Å². The summed E-state index contributed by atoms with van der Waals surface area (Å²) in [6, 6.07) is -1.20. The van der Waals surface area contributed by atoms with Gasteiger partial charge in [-0.3, -0.25) is 18.9 Å². The number of aliphatic hydroxyl groups excluding tert-OH is 1. The third-order valence-electron chi connectivity index (χ3n) is 9.28. The molecule has 0 spiro atoms. The van der Waals surface area contributed by atoms with Crippen LogP contribution in [0.2, 0.25) is 0 Å². The highest BCUT2D eigenvalue weighted by Crippen LogP contribution is 2.36. The zero-order valence-electron chi connectivity index (χ0n) is 35.8. The summed E-state index contributed by atoms with van der Waals surface area (Å²) in [5.74, 6) is -1.59. The number of thioether (sulfide) groups is 1. The number of allylic oxidation sites excluding steroid dienone is 7. The number of carbonyl (C=O) groups excluding carboxylic acids is 2. The number of carboxylic acid groups (broad SMARTS) is 1. The maximum absolute atomic E-state index is 12.9. The number of hydrogen-bond acceptors (Lipinski definition) is 10. The number of carbonyl (C=O) groups is 3. The molecule has 0 amide bonds. The highest BCUT2D eigenvalue weighted by atomic mass is 32.2. The van der Waals surface area contributed by atoms with E-state index >= 15 is 0 Å². The Hall–Kier alpha value is -2.25. The molecule has 6 N–H and O–H groups in total. The van der Waals surface area contributed by atoms with E-state index in [9.17, 15) is 33.8 Å². The van der Waals surface area contributed by atoms with E-state index in [0.717, 1.165) is 38.0 Å². The van der Waals surface area contributed by atoms with Crippen molar-refractivity contribution in [3.05, 3.63) is 48.6 Å². The molecule has 0 radical (unpaired) electrons. The van der Waals surface area contributed by atoms with E-state index in [-0.39, 0.29) is 31.4 Å². The molecule has 336 valence electrons. The van der Waals surface area contributed by atoms with E-state index < -0.39 is 62.4 Å². The van der Waals surface area contributed by atoms with E-state index in [0.29, 0.717) is 6.42 Å². The molecule has 0 aliphatic carbocycles. The Morgan fingerprint density at radius 1 is 0.741 bits per heavy atom. The molecule has 0 rings (SSSR count). The van der Waals surface area contributed by atoms with E-state index in [1.807, 2.05) is 18.2 Å². The van der Waals surface area contributed by atoms with Crippen molar-refractivity contribution in [2.45, 2.75) is 186 Å². The zero-order valence-corrected chi connectivity index (χ0v) is 37.5. The molecule has 58 heavy (non-hydrogen) atoms. The van der Waals surface area contributed by atoms with Crippen LogP contribution in [-0.2, 0) is 32.9 Å². The molecule has 0 aliphatic rings. The van der Waals surface area contributed by atoms with Gasteiger partial charge in [0.05, 0.1) is 12.7 Å². The summed E-state index contributed by atoms with van der Waals surface area (Å²) >= 11 is 1.18. The van der Waals surface area contributed by atoms with Gasteiger partial charge in [0.15, 0.2) is 6.10 Å². The smallest absolute Gasteiger partial charge is 0.469 e. The predicted molar refractivity (Wildman–Crippen MR) is 235 cm³/mol. The van der Waals surface area contributed by atoms with Gasteiger partial charge in [0.2, 0.25) is 0 Å². The molecule has 0 fully saturated rings. The van der Waals surface area contributed by atoms with Crippen LogP contribution >= 0.6 is 19.6 Å². The van der Waals surface area contributed by atoms with Gasteiger partial charge in [-0.25, -0.2) is 4.57 Å². The van der Waals surface area contributed by atoms with Gasteiger partial charge in [0.1, 0.15) is 12.6 Å². The predicted octanol–water partition coefficient (Wildman–Crippen LogP) is 9.91. The lowest BCUT2D eigenvalue weighted by Gasteiger charge is -2.23. The van der Waals surface area contributed by atoms with Gasteiger partial charge in [-0.2, -0.15) is 0 Å². The van der Waals surface area contributed by atoms with Gasteiger partial charge in [-0.15, -0.1) is 11.8 Å². The number of aliphatic hydroxyl groups is 1. The fourth-order valence-corrected chi connectivity index (χ4v) is 7.35. The molecule has 0 saturated carbocycles. The monoisotopic (exact) mass is 860 g/mol. The molecule has 0 aliphatic heterocycles. The van der Waals surface area contributed by atoms with Crippen molar-refractivity contribution >= 4 is 37.5 Å². The standard InChI is InChI=1S/C44H78NO11PS/c1-4-5-6-7-8-9-10-14-17-20-23-26-31-41(40(46)30-28-32-42(47)48)58-36-39(45)44(50)56-38(35-55-57(51,52)53)34-54-43(49)33-27-24-21-18-15-12-11-13-16-19-22-25-29-37(2)3/h8-9,14,17,20,23,26,31,37-41,46H,4-7,10-13,15-16,18-19,21-22,24-25,27-30,32-36,45H2,1-3H3,(H,47,48)(H2,51,52,53)/b9-8-,17-14-,23-20+,31-26+/t38-,39+,40+,41-/m1/s1. The maximum atomic E-state index is 12.9. The van der Waals surface area contributed by atoms with Crippen LogP contribution in [0.5, 0.6) is 0 Å². The van der Waals surface area contributed by atoms with E-state index in [4.69, 9.17) is 20.3 Å². The second-order valence-corrected chi connectivity index (χ2v) is 17.8. The Kier molecular flexibility index (Phi) is 36.3. The lowest BCUT2D eigenvalue weighted by molar-refractivity contribution is -0.161. The minimum Gasteiger partial charge on any atom is -0.481 e. The molecule has 0 heterocycles. The van der Waals surface area contributed by atoms with Gasteiger partial charge in [-0.1, -0.05) is 159 Å². The number of phosphoric ester groups is 1. The normalized spacial score (nSPS) is 14.6. The van der Waals surface area contributed by atoms with E-state index in [2.05, 4.69) is 37.4 Å². The number of esters is 2. The van der Waals surface area contributed by atoms with Crippen LogP contribution < -0.4 is 5.73 Å². The Bertz CT molecular complexity index is 1220. The van der Waals surface area contributed by atoms with Crippen LogP contribution in [0.15, 0.2) is 48.6 Å². The van der Waals surface area contributed by atoms with Gasteiger partial charge in [0, 0.05) is 23.8 Å². The lowest BCUT2D eigenvalue weighted by atomic mass is 10.0. The molecule has 4 atom stereocenters. The Balaban J connectivity index is 4.85. The SMILES string of the molecule is CCCCC/C=C\C\C=C/C=C/C=C/[C@@H](SC[C@H](N)C(=O)O[C@H](COC(=O)CCCCCCCCCCCCCCC(C)C)COP(=O)(O)O)[C@@H](O)CCCC(=O)O. The number of hydrogen-bond donors (Lipinski definition) is 5. The average molecular weight is 860 g/mol. The Morgan fingerprint density at radius 2 is 1.36 bits per heavy atom. The molecule has 0 aromatic rings. The summed E-state index contributed by atoms with van der Waals surface area (Å²) in [7, 11) is -4.91. The van der Waals surface area contributed by atoms with Crippen LogP contribution in [-0.4, -0.2) is 80.4 Å². The van der Waals surface area contributed by atoms with Crippen LogP contribution in [0.4, 0.5) is 0 Å². The summed E-state index contributed by atoms with van der Waals surface area (Å²) in [4.78, 5) is 54.8. The molecular formula is C44H78NO11PS. The number of phosphoric acid groups is 1. The van der Waals surface area contributed by atoms with Gasteiger partial charge in [0.25, 0.3) is 0 Å². The topological polar surface area (TPSA) is 203 Å². The molecule has 14 heteroatoms. The quantitative estimate of drug-likeness (QED) is 0.0129. The van der Waals surface area contributed by atoms with Crippen molar-refractivity contribution in [1.29, 1.82) is 0 Å². The molecule has 0 bridgehead atoms. The molecule has 0 unspecified atom stereocenters. The van der Waals surface area contributed by atoms with Crippen LogP contribution in [0.25, 0.3) is 0 Å². The van der Waals surface area contributed by atoms with Crippen molar-refractivity contribution in [3.8, 4) is 0 Å². The largest absolute Gasteiger partial charge is 0.481 e. The molecular weight excluding hydrogens is 782 g/mol. The van der Waals surface area contributed by atoms with Crippen molar-refractivity contribution in [3.63, 3.8) is 0 Å². The second-order valence-electron chi connectivity index (χ2n) is 15.4. The first-order valence-corrected chi connectivity index (χ1v) is 24.3. The molecule has 0 saturated heterocycles. The number of unbranched alkanes of at least 4 members (excludes halogenated alkanes) is 14. The maximum Gasteiger partial charge on any atom is 0.469 e. The number of rotatable bonds is 39. The first kappa shape index (κ1) is 55.8. The number of nitrogens with two attached hydrogens (primary N) is 1. The fraction of sp³-hybridized carbons (Fsp3) is 0.750. The first-order chi connectivity index (χ1) is 27.7. The molecule has 0 aromatic carbocycles. The lowest BCUT2D eigenvalue weighted by Crippen LogP contribution is -2.40. The summed E-state index contributed by atoms with van der Waals surface area (Å²) in [5.41, 5.74) is 6.12. The Morgan fingerprint density at radius 3 is 1.97 bits per heavy atom. The number of aliphatic carboxylic acids is 1. The summed E-state index contributed by atoms with van der Waals surface area (Å²) in [5, 5.41) is 19.3. The van der Waals surface area contributed by atoms with Gasteiger partial charge < -0.3 is 35.2 Å². The minimum absolute atomic E-state index is 0.00244. The Labute approximate surface area is 354 Å². The minimum atomic E-state index is -4.91. The fourth-order valence-electron chi connectivity index (χ4n) is 5.86. The molecule has 12 nitrogen and oxygen atoms in total. The number of ether oxygens (including phenoxy) is 2. The summed E-state index contributed by atoms with van der Waals surface area (Å²) in [6.07, 6.45) is 34.6. The second kappa shape index (κ2) is 37.7. The average Bonchev–Trinajstić information content (AvgIpc) is 3.16. The summed E-state index contributed by atoms with van der Waals surface area (Å²) in [6.45, 7) is 5.54. The highest BCUT2D eigenvalue weighted by Gasteiger charge is 2.27. The van der Waals surface area contributed by atoms with Crippen molar-refractivity contribution < 1.29 is 52.9 Å². The van der Waals surface area contributed by atoms with Crippen LogP contribution in [0.1, 0.15) is 162 Å². The number of carboxylic acids is 1. The van der Waals surface area contributed by atoms with Gasteiger partial charge >= 0.3 is 25.7 Å². The summed E-state index contributed by atoms with van der Waals surface area (Å²) < 4.78 is 26.5. The van der Waals surface area contributed by atoms with Gasteiger partial charge in [-0.05, 0) is 44.4 Å². The third-order valence-corrected chi connectivity index (χ3v) is 11.2. The van der Waals surface area contributed by atoms with Crippen LogP contribution in [0, 0.1) is 5.92 Å². The van der Waals surface area contributed by atoms with Crippen LogP contribution in [0.3, 0.4) is 0 Å². The highest BCUT2D eigenvalue weighted by molar-refractivity contribution is 8.00. The zero-order chi connectivity index (χ0) is 43.3. The van der Waals surface area contributed by atoms with Crippen molar-refractivity contribution in [2.75, 3.05) is 19.0 Å².